The first-order chi connectivity index (χ1) is 13.6. The molecule has 0 bridgehead atoms. The minimum atomic E-state index is -3.98. The molecular formula is C20H25FN2O5S. The number of halogens is 1. The number of aromatic nitrogens is 1. The first kappa shape index (κ1) is 22.8. The van der Waals surface area contributed by atoms with Crippen LogP contribution in [0.3, 0.4) is 0 Å². The van der Waals surface area contributed by atoms with E-state index in [1.54, 1.807) is 6.07 Å². The van der Waals surface area contributed by atoms with Crippen LogP contribution < -0.4 is 0 Å². The molecule has 2 rings (SSSR count). The standard InChI is InChI=1S/C20H25FN2O5S/c1-5-10-23-14(2)11-18(15(23)3)19(24)13-28-20(25)12-22(4)29(26,27)17-8-6-16(21)7-9-17/h6-9,11H,5,10,12-13H2,1-4H3. The summed E-state index contributed by atoms with van der Waals surface area (Å²) in [6.07, 6.45) is 0.924. The quantitative estimate of drug-likeness (QED) is 0.456. The van der Waals surface area contributed by atoms with Crippen molar-refractivity contribution in [2.75, 3.05) is 20.2 Å². The highest BCUT2D eigenvalue weighted by Crippen LogP contribution is 2.17. The van der Waals surface area contributed by atoms with Gasteiger partial charge in [-0.3, -0.25) is 9.59 Å². The summed E-state index contributed by atoms with van der Waals surface area (Å²) in [5, 5.41) is 0. The number of likely N-dealkylation sites (N-methyl/N-ethyl adjacent to an activating group) is 1. The van der Waals surface area contributed by atoms with Gasteiger partial charge in [0.1, 0.15) is 12.4 Å². The second kappa shape index (κ2) is 9.32. The van der Waals surface area contributed by atoms with Gasteiger partial charge in [-0.2, -0.15) is 4.31 Å². The van der Waals surface area contributed by atoms with Crippen LogP contribution in [-0.2, 0) is 26.1 Å². The lowest BCUT2D eigenvalue weighted by Crippen LogP contribution is -2.33. The Balaban J connectivity index is 1.98. The van der Waals surface area contributed by atoms with Crippen LogP contribution >= 0.6 is 0 Å². The average molecular weight is 424 g/mol. The van der Waals surface area contributed by atoms with Crippen molar-refractivity contribution in [3.63, 3.8) is 0 Å². The van der Waals surface area contributed by atoms with Gasteiger partial charge in [-0.05, 0) is 50.6 Å². The van der Waals surface area contributed by atoms with E-state index in [0.29, 0.717) is 5.56 Å². The van der Waals surface area contributed by atoms with Crippen molar-refractivity contribution in [3.8, 4) is 0 Å². The molecule has 1 aromatic carbocycles. The molecule has 0 radical (unpaired) electrons. The predicted molar refractivity (Wildman–Crippen MR) is 106 cm³/mol. The summed E-state index contributed by atoms with van der Waals surface area (Å²) in [5.74, 6) is -1.77. The lowest BCUT2D eigenvalue weighted by molar-refractivity contribution is -0.142. The first-order valence-corrected chi connectivity index (χ1v) is 10.6. The Bertz CT molecular complexity index is 997. The monoisotopic (exact) mass is 424 g/mol. The molecule has 158 valence electrons. The summed E-state index contributed by atoms with van der Waals surface area (Å²) >= 11 is 0. The number of Topliss-reactive ketones (excluding diaryl/α,β-unsaturated/α-hetero) is 1. The molecule has 7 nitrogen and oxygen atoms in total. The molecule has 0 unspecified atom stereocenters. The third-order valence-corrected chi connectivity index (χ3v) is 6.38. The van der Waals surface area contributed by atoms with E-state index < -0.39 is 35.0 Å². The van der Waals surface area contributed by atoms with Crippen molar-refractivity contribution >= 4 is 21.8 Å². The van der Waals surface area contributed by atoms with Crippen LogP contribution in [0.5, 0.6) is 0 Å². The molecule has 0 atom stereocenters. The Morgan fingerprint density at radius 1 is 1.17 bits per heavy atom. The smallest absolute Gasteiger partial charge is 0.321 e. The van der Waals surface area contributed by atoms with Crippen LogP contribution in [0.25, 0.3) is 0 Å². The zero-order valence-electron chi connectivity index (χ0n) is 16.9. The fourth-order valence-electron chi connectivity index (χ4n) is 2.97. The van der Waals surface area contributed by atoms with Crippen LogP contribution in [0.15, 0.2) is 35.2 Å². The van der Waals surface area contributed by atoms with Crippen LogP contribution in [0.2, 0.25) is 0 Å². The third kappa shape index (κ3) is 5.30. The van der Waals surface area contributed by atoms with E-state index in [9.17, 15) is 22.4 Å². The molecule has 0 saturated heterocycles. The lowest BCUT2D eigenvalue weighted by Gasteiger charge is -2.16. The van der Waals surface area contributed by atoms with Crippen molar-refractivity contribution in [3.05, 3.63) is 53.1 Å². The highest BCUT2D eigenvalue weighted by Gasteiger charge is 2.24. The normalized spacial score (nSPS) is 11.7. The zero-order valence-corrected chi connectivity index (χ0v) is 17.8. The molecule has 0 N–H and O–H groups in total. The number of nitrogens with zero attached hydrogens (tertiary/aromatic N) is 2. The highest BCUT2D eigenvalue weighted by atomic mass is 32.2. The van der Waals surface area contributed by atoms with E-state index in [-0.39, 0.29) is 10.7 Å². The number of ketones is 1. The number of hydrogen-bond acceptors (Lipinski definition) is 5. The number of carbonyl (C=O) groups is 2. The summed E-state index contributed by atoms with van der Waals surface area (Å²) in [7, 11) is -2.77. The van der Waals surface area contributed by atoms with E-state index >= 15 is 0 Å². The molecule has 1 aromatic heterocycles. The average Bonchev–Trinajstić information content (AvgIpc) is 2.95. The molecular weight excluding hydrogens is 399 g/mol. The SMILES string of the molecule is CCCn1c(C)cc(C(=O)COC(=O)CN(C)S(=O)(=O)c2ccc(F)cc2)c1C. The van der Waals surface area contributed by atoms with Crippen LogP contribution in [0, 0.1) is 19.7 Å². The lowest BCUT2D eigenvalue weighted by atomic mass is 10.1. The van der Waals surface area contributed by atoms with Crippen molar-refractivity contribution in [2.45, 2.75) is 38.6 Å². The third-order valence-electron chi connectivity index (χ3n) is 4.56. The van der Waals surface area contributed by atoms with Crippen LogP contribution in [-0.4, -0.2) is 49.2 Å². The van der Waals surface area contributed by atoms with Crippen molar-refractivity contribution in [2.24, 2.45) is 0 Å². The van der Waals surface area contributed by atoms with Crippen molar-refractivity contribution in [1.82, 2.24) is 8.87 Å². The van der Waals surface area contributed by atoms with Gasteiger partial charge in [0.15, 0.2) is 6.61 Å². The minimum absolute atomic E-state index is 0.145. The van der Waals surface area contributed by atoms with Crippen molar-refractivity contribution in [1.29, 1.82) is 0 Å². The second-order valence-corrected chi connectivity index (χ2v) is 8.78. The minimum Gasteiger partial charge on any atom is -0.456 e. The fourth-order valence-corrected chi connectivity index (χ4v) is 4.09. The number of aryl methyl sites for hydroxylation is 1. The van der Waals surface area contributed by atoms with E-state index in [1.807, 2.05) is 25.3 Å². The van der Waals surface area contributed by atoms with Gasteiger partial charge in [-0.15, -0.1) is 0 Å². The maximum Gasteiger partial charge on any atom is 0.321 e. The van der Waals surface area contributed by atoms with Crippen LogP contribution in [0.4, 0.5) is 4.39 Å². The number of rotatable bonds is 9. The summed E-state index contributed by atoms with van der Waals surface area (Å²) in [4.78, 5) is 24.3. The molecule has 9 heteroatoms. The summed E-state index contributed by atoms with van der Waals surface area (Å²) in [6.45, 7) is 5.53. The maximum absolute atomic E-state index is 13.0. The topological polar surface area (TPSA) is 85.7 Å². The molecule has 1 heterocycles. The van der Waals surface area contributed by atoms with Gasteiger partial charge < -0.3 is 9.30 Å². The number of esters is 1. The Kier molecular flexibility index (Phi) is 7.32. The number of hydrogen-bond donors (Lipinski definition) is 0. The van der Waals surface area contributed by atoms with Gasteiger partial charge in [0.05, 0.1) is 4.90 Å². The van der Waals surface area contributed by atoms with Gasteiger partial charge >= 0.3 is 5.97 Å². The van der Waals surface area contributed by atoms with Crippen LogP contribution in [0.1, 0.15) is 35.1 Å². The summed E-state index contributed by atoms with van der Waals surface area (Å²) < 4.78 is 45.6. The van der Waals surface area contributed by atoms with E-state index in [2.05, 4.69) is 0 Å². The van der Waals surface area contributed by atoms with Gasteiger partial charge in [-0.1, -0.05) is 6.92 Å². The van der Waals surface area contributed by atoms with E-state index in [4.69, 9.17) is 4.74 Å². The second-order valence-electron chi connectivity index (χ2n) is 6.74. The Morgan fingerprint density at radius 3 is 2.38 bits per heavy atom. The van der Waals surface area contributed by atoms with E-state index in [1.165, 1.54) is 7.05 Å². The largest absolute Gasteiger partial charge is 0.456 e. The van der Waals surface area contributed by atoms with Gasteiger partial charge in [0.25, 0.3) is 0 Å². The Morgan fingerprint density at radius 2 is 1.79 bits per heavy atom. The first-order valence-electron chi connectivity index (χ1n) is 9.15. The fraction of sp³-hybridized carbons (Fsp3) is 0.400. The predicted octanol–water partition coefficient (Wildman–Crippen LogP) is 2.70. The zero-order chi connectivity index (χ0) is 21.8. The van der Waals surface area contributed by atoms with Gasteiger partial charge in [0, 0.05) is 30.5 Å². The maximum atomic E-state index is 13.0. The Labute approximate surface area is 170 Å². The van der Waals surface area contributed by atoms with Crippen molar-refractivity contribution < 1.29 is 27.1 Å². The molecule has 0 fully saturated rings. The number of benzene rings is 1. The molecule has 0 amide bonds. The highest BCUT2D eigenvalue weighted by molar-refractivity contribution is 7.89. The number of carbonyl (C=O) groups excluding carboxylic acids is 2. The number of ether oxygens (including phenoxy) is 1. The van der Waals surface area contributed by atoms with Gasteiger partial charge in [-0.25, -0.2) is 12.8 Å². The number of sulfonamides is 1. The molecule has 2 aromatic rings. The molecule has 0 aliphatic heterocycles. The molecule has 0 saturated carbocycles. The summed E-state index contributed by atoms with van der Waals surface area (Å²) in [6, 6.07) is 6.02. The summed E-state index contributed by atoms with van der Waals surface area (Å²) in [5.41, 5.74) is 2.24. The van der Waals surface area contributed by atoms with E-state index in [0.717, 1.165) is 52.9 Å². The molecule has 0 spiro atoms. The van der Waals surface area contributed by atoms with Gasteiger partial charge in [0.2, 0.25) is 15.8 Å². The molecule has 0 aliphatic rings. The molecule has 0 aliphatic carbocycles. The Hall–Kier alpha value is -2.52. The molecule has 29 heavy (non-hydrogen) atoms.